The van der Waals surface area contributed by atoms with Crippen LogP contribution in [-0.4, -0.2) is 21.9 Å². The maximum atomic E-state index is 10.9. The molecule has 0 radical (unpaired) electrons. The van der Waals surface area contributed by atoms with E-state index in [4.69, 9.17) is 0 Å². The van der Waals surface area contributed by atoms with Crippen molar-refractivity contribution >= 4 is 11.4 Å². The van der Waals surface area contributed by atoms with E-state index in [1.165, 1.54) is 5.41 Å². The fourth-order valence-electron chi connectivity index (χ4n) is 0.325. The SMILES string of the molecule is C=C[S+]([O-])N(C)C(C)C. The minimum atomic E-state index is -1.00. The molecule has 1 unspecified atom stereocenters. The van der Waals surface area contributed by atoms with Crippen molar-refractivity contribution in [3.05, 3.63) is 12.0 Å². The molecule has 0 spiro atoms. The van der Waals surface area contributed by atoms with Crippen molar-refractivity contribution in [3.63, 3.8) is 0 Å². The van der Waals surface area contributed by atoms with Crippen molar-refractivity contribution < 1.29 is 4.55 Å². The van der Waals surface area contributed by atoms with Gasteiger partial charge in [0.2, 0.25) is 0 Å². The van der Waals surface area contributed by atoms with E-state index in [0.717, 1.165) is 0 Å². The van der Waals surface area contributed by atoms with E-state index in [1.807, 2.05) is 20.9 Å². The highest BCUT2D eigenvalue weighted by Gasteiger charge is 2.13. The number of hydrogen-bond acceptors (Lipinski definition) is 2. The van der Waals surface area contributed by atoms with Crippen LogP contribution in [0.15, 0.2) is 12.0 Å². The summed E-state index contributed by atoms with van der Waals surface area (Å²) in [7, 11) is 1.81. The van der Waals surface area contributed by atoms with Gasteiger partial charge in [-0.2, -0.15) is 0 Å². The Labute approximate surface area is 59.9 Å². The quantitative estimate of drug-likeness (QED) is 0.559. The van der Waals surface area contributed by atoms with Gasteiger partial charge in [-0.15, -0.1) is 4.31 Å². The van der Waals surface area contributed by atoms with Gasteiger partial charge in [0.05, 0.1) is 11.4 Å². The van der Waals surface area contributed by atoms with Gasteiger partial charge in [0.25, 0.3) is 0 Å². The molecule has 0 aliphatic heterocycles. The van der Waals surface area contributed by atoms with Crippen molar-refractivity contribution in [1.82, 2.24) is 4.31 Å². The molecule has 0 heterocycles. The molecule has 2 nitrogen and oxygen atoms in total. The highest BCUT2D eigenvalue weighted by molar-refractivity contribution is 7.92. The highest BCUT2D eigenvalue weighted by Crippen LogP contribution is 2.03. The second kappa shape index (κ2) is 3.93. The summed E-state index contributed by atoms with van der Waals surface area (Å²) < 4.78 is 12.6. The monoisotopic (exact) mass is 147 g/mol. The smallest absolute Gasteiger partial charge is 0.131 e. The molecule has 0 aromatic rings. The summed E-state index contributed by atoms with van der Waals surface area (Å²) >= 11 is -1.00. The minimum Gasteiger partial charge on any atom is -0.593 e. The Morgan fingerprint density at radius 1 is 1.67 bits per heavy atom. The number of hydrogen-bond donors (Lipinski definition) is 0. The zero-order chi connectivity index (χ0) is 7.44. The van der Waals surface area contributed by atoms with Crippen LogP contribution < -0.4 is 0 Å². The third-order valence-electron chi connectivity index (χ3n) is 1.15. The first-order valence-corrected chi connectivity index (χ1v) is 4.02. The molecule has 0 amide bonds. The van der Waals surface area contributed by atoms with Gasteiger partial charge in [-0.05, 0) is 20.4 Å². The second-order valence-corrected chi connectivity index (χ2v) is 3.54. The van der Waals surface area contributed by atoms with E-state index in [9.17, 15) is 4.55 Å². The van der Waals surface area contributed by atoms with Crippen LogP contribution in [0.25, 0.3) is 0 Å². The molecule has 0 fully saturated rings. The third kappa shape index (κ3) is 2.89. The lowest BCUT2D eigenvalue weighted by atomic mass is 10.4. The fraction of sp³-hybridized carbons (Fsp3) is 0.667. The summed E-state index contributed by atoms with van der Waals surface area (Å²) in [6, 6.07) is 0.309. The summed E-state index contributed by atoms with van der Waals surface area (Å²) in [6.45, 7) is 7.40. The largest absolute Gasteiger partial charge is 0.593 e. The summed E-state index contributed by atoms with van der Waals surface area (Å²) in [4.78, 5) is 0. The van der Waals surface area contributed by atoms with Gasteiger partial charge in [0.15, 0.2) is 0 Å². The first kappa shape index (κ1) is 9.01. The Bertz CT molecular complexity index is 95.1. The molecule has 3 heteroatoms. The van der Waals surface area contributed by atoms with E-state index in [2.05, 4.69) is 6.58 Å². The molecule has 0 aliphatic rings. The molecule has 0 bridgehead atoms. The van der Waals surface area contributed by atoms with Crippen LogP contribution >= 0.6 is 0 Å². The molecular weight excluding hydrogens is 134 g/mol. The number of rotatable bonds is 3. The first-order chi connectivity index (χ1) is 4.09. The Kier molecular flexibility index (Phi) is 3.93. The molecule has 0 saturated carbocycles. The average molecular weight is 147 g/mol. The van der Waals surface area contributed by atoms with E-state index in [-0.39, 0.29) is 0 Å². The second-order valence-electron chi connectivity index (χ2n) is 2.08. The Morgan fingerprint density at radius 3 is 2.22 bits per heavy atom. The molecule has 0 saturated heterocycles. The molecule has 0 N–H and O–H groups in total. The van der Waals surface area contributed by atoms with Gasteiger partial charge in [-0.3, -0.25) is 0 Å². The Balaban J connectivity index is 3.71. The molecule has 0 aromatic heterocycles. The van der Waals surface area contributed by atoms with Crippen LogP contribution in [0, 0.1) is 0 Å². The Hall–Kier alpha value is 0.01000. The molecule has 0 rings (SSSR count). The lowest BCUT2D eigenvalue weighted by molar-refractivity contribution is 0.416. The topological polar surface area (TPSA) is 26.3 Å². The maximum absolute atomic E-state index is 10.9. The van der Waals surface area contributed by atoms with Crippen molar-refractivity contribution in [2.45, 2.75) is 19.9 Å². The van der Waals surface area contributed by atoms with E-state index < -0.39 is 11.4 Å². The van der Waals surface area contributed by atoms with E-state index >= 15 is 0 Å². The standard InChI is InChI=1S/C6H13NOS/c1-5-9(8)7(4)6(2)3/h5-6H,1H2,2-4H3. The summed E-state index contributed by atoms with van der Waals surface area (Å²) in [5, 5.41) is 1.43. The summed E-state index contributed by atoms with van der Waals surface area (Å²) in [5.41, 5.74) is 0. The van der Waals surface area contributed by atoms with Crippen LogP contribution in [-0.2, 0) is 11.4 Å². The molecular formula is C6H13NOS. The van der Waals surface area contributed by atoms with Gasteiger partial charge >= 0.3 is 0 Å². The van der Waals surface area contributed by atoms with Gasteiger partial charge < -0.3 is 4.55 Å². The third-order valence-corrected chi connectivity index (χ3v) is 2.43. The van der Waals surface area contributed by atoms with Crippen molar-refractivity contribution in [2.24, 2.45) is 0 Å². The molecule has 54 valence electrons. The molecule has 1 atom stereocenters. The van der Waals surface area contributed by atoms with Crippen LogP contribution in [0.5, 0.6) is 0 Å². The van der Waals surface area contributed by atoms with E-state index in [1.54, 1.807) is 4.31 Å². The lowest BCUT2D eigenvalue weighted by Crippen LogP contribution is -2.31. The highest BCUT2D eigenvalue weighted by atomic mass is 32.2. The first-order valence-electron chi connectivity index (χ1n) is 2.85. The van der Waals surface area contributed by atoms with Gasteiger partial charge in [-0.25, -0.2) is 0 Å². The summed E-state index contributed by atoms with van der Waals surface area (Å²) in [6.07, 6.45) is 0. The van der Waals surface area contributed by atoms with Crippen LogP contribution in [0.2, 0.25) is 0 Å². The predicted octanol–water partition coefficient (Wildman–Crippen LogP) is 1.13. The Morgan fingerprint density at radius 2 is 2.11 bits per heavy atom. The fourth-order valence-corrected chi connectivity index (χ4v) is 0.976. The van der Waals surface area contributed by atoms with Crippen LogP contribution in [0.1, 0.15) is 13.8 Å². The normalized spacial score (nSPS) is 14.4. The van der Waals surface area contributed by atoms with Crippen LogP contribution in [0.3, 0.4) is 0 Å². The molecule has 0 aliphatic carbocycles. The minimum absolute atomic E-state index is 0.309. The van der Waals surface area contributed by atoms with Gasteiger partial charge in [-0.1, -0.05) is 0 Å². The molecule has 0 aromatic carbocycles. The van der Waals surface area contributed by atoms with E-state index in [0.29, 0.717) is 6.04 Å². The predicted molar refractivity (Wildman–Crippen MR) is 41.2 cm³/mol. The van der Waals surface area contributed by atoms with Crippen molar-refractivity contribution in [2.75, 3.05) is 7.05 Å². The average Bonchev–Trinajstić information content (AvgIpc) is 1.84. The summed E-state index contributed by atoms with van der Waals surface area (Å²) in [5.74, 6) is 0. The van der Waals surface area contributed by atoms with Crippen LogP contribution in [0.4, 0.5) is 0 Å². The molecule has 9 heavy (non-hydrogen) atoms. The maximum Gasteiger partial charge on any atom is 0.131 e. The van der Waals surface area contributed by atoms with Gasteiger partial charge in [0.1, 0.15) is 5.41 Å². The van der Waals surface area contributed by atoms with Gasteiger partial charge in [0, 0.05) is 13.1 Å². The lowest BCUT2D eigenvalue weighted by Gasteiger charge is -2.19. The van der Waals surface area contributed by atoms with Crippen molar-refractivity contribution in [1.29, 1.82) is 0 Å². The zero-order valence-corrected chi connectivity index (χ0v) is 6.94. The zero-order valence-electron chi connectivity index (χ0n) is 6.13. The van der Waals surface area contributed by atoms with Crippen molar-refractivity contribution in [3.8, 4) is 0 Å². The number of nitrogens with zero attached hydrogens (tertiary/aromatic N) is 1.